The van der Waals surface area contributed by atoms with E-state index in [4.69, 9.17) is 14.5 Å². The molecule has 4 aromatic rings. The van der Waals surface area contributed by atoms with E-state index in [1.165, 1.54) is 12.8 Å². The Kier molecular flexibility index (Phi) is 7.40. The lowest BCUT2D eigenvalue weighted by Gasteiger charge is -2.29. The van der Waals surface area contributed by atoms with Crippen LogP contribution in [0.4, 0.5) is 5.82 Å². The number of carbonyl (C=O) groups excluding carboxylic acids is 1. The molecule has 0 radical (unpaired) electrons. The molecular formula is C34H36N4O4. The van der Waals surface area contributed by atoms with Crippen LogP contribution in [0.15, 0.2) is 72.8 Å². The van der Waals surface area contributed by atoms with Crippen LogP contribution in [0, 0.1) is 0 Å². The fourth-order valence-electron chi connectivity index (χ4n) is 6.45. The average Bonchev–Trinajstić information content (AvgIpc) is 3.82. The first kappa shape index (κ1) is 26.7. The number of nitrogens with one attached hydrogen (secondary N) is 1. The van der Waals surface area contributed by atoms with Crippen molar-refractivity contribution in [2.24, 2.45) is 0 Å². The number of rotatable bonds is 8. The van der Waals surface area contributed by atoms with Crippen molar-refractivity contribution in [2.75, 3.05) is 44.8 Å². The number of carbonyl (C=O) groups is 1. The van der Waals surface area contributed by atoms with Crippen molar-refractivity contribution in [3.05, 3.63) is 83.9 Å². The summed E-state index contributed by atoms with van der Waals surface area (Å²) in [6, 6.07) is 23.6. The lowest BCUT2D eigenvalue weighted by Crippen LogP contribution is -2.42. The van der Waals surface area contributed by atoms with Crippen LogP contribution >= 0.6 is 0 Å². The Balaban J connectivity index is 1.23. The van der Waals surface area contributed by atoms with E-state index in [-0.39, 0.29) is 25.3 Å². The third kappa shape index (κ3) is 5.40. The number of amides is 1. The number of fused-ring (bicyclic) bond motifs is 2. The zero-order chi connectivity index (χ0) is 28.5. The van der Waals surface area contributed by atoms with Gasteiger partial charge in [-0.15, -0.1) is 0 Å². The molecule has 7 rings (SSSR count). The van der Waals surface area contributed by atoms with Crippen LogP contribution in [-0.2, 0) is 0 Å². The molecule has 2 saturated heterocycles. The summed E-state index contributed by atoms with van der Waals surface area (Å²) in [7, 11) is 0. The molecule has 3 aliphatic heterocycles. The molecule has 1 unspecified atom stereocenters. The van der Waals surface area contributed by atoms with Gasteiger partial charge in [0.2, 0.25) is 6.79 Å². The van der Waals surface area contributed by atoms with Gasteiger partial charge in [-0.05, 0) is 85.8 Å². The Morgan fingerprint density at radius 3 is 2.57 bits per heavy atom. The summed E-state index contributed by atoms with van der Waals surface area (Å²) >= 11 is 0. The highest BCUT2D eigenvalue weighted by Crippen LogP contribution is 2.37. The number of aliphatic hydroxyl groups is 1. The number of nitrogens with zero attached hydrogens (tertiary/aromatic N) is 3. The smallest absolute Gasteiger partial charge is 0.254 e. The van der Waals surface area contributed by atoms with Crippen LogP contribution in [0.5, 0.6) is 11.5 Å². The average molecular weight is 565 g/mol. The summed E-state index contributed by atoms with van der Waals surface area (Å²) in [6.07, 6.45) is 3.83. The molecule has 42 heavy (non-hydrogen) atoms. The zero-order valence-electron chi connectivity index (χ0n) is 23.7. The number of anilines is 1. The third-order valence-corrected chi connectivity index (χ3v) is 8.71. The van der Waals surface area contributed by atoms with Gasteiger partial charge in [0.15, 0.2) is 11.5 Å². The lowest BCUT2D eigenvalue weighted by molar-refractivity contribution is 0.0710. The fourth-order valence-corrected chi connectivity index (χ4v) is 6.45. The number of pyridine rings is 1. The zero-order valence-corrected chi connectivity index (χ0v) is 23.7. The van der Waals surface area contributed by atoms with E-state index >= 15 is 0 Å². The SMILES string of the molecule is O=C(c1cc(NCC(O)c2ccccc2)nc2ccc(-c3ccc4c(c3)OCO4)cc12)N1CCC[C@H]1CN1CCCC1. The van der Waals surface area contributed by atoms with Crippen LogP contribution in [0.2, 0.25) is 0 Å². The second-order valence-electron chi connectivity index (χ2n) is 11.5. The van der Waals surface area contributed by atoms with E-state index in [1.54, 1.807) is 0 Å². The van der Waals surface area contributed by atoms with Crippen molar-refractivity contribution in [3.63, 3.8) is 0 Å². The molecule has 0 aliphatic carbocycles. The minimum Gasteiger partial charge on any atom is -0.454 e. The second-order valence-corrected chi connectivity index (χ2v) is 11.5. The minimum atomic E-state index is -0.695. The quantitative estimate of drug-likeness (QED) is 0.293. The standard InChI is InChI=1S/C34H36N4O4/c39-30(23-7-2-1-3-8-23)20-35-33-19-28(34(40)38-16-6-9-26(38)21-37-14-4-5-15-37)27-17-24(10-12-29(27)36-33)25-11-13-31-32(18-25)42-22-41-31/h1-3,7-8,10-13,17-19,26,30,39H,4-6,9,14-16,20-22H2,(H,35,36)/t26-,30?/m0/s1. The Labute approximate surface area is 245 Å². The molecule has 1 aromatic heterocycles. The molecule has 2 atom stereocenters. The van der Waals surface area contributed by atoms with Crippen molar-refractivity contribution >= 4 is 22.6 Å². The van der Waals surface area contributed by atoms with Gasteiger partial charge in [0.25, 0.3) is 5.91 Å². The molecule has 3 aromatic carbocycles. The lowest BCUT2D eigenvalue weighted by atomic mass is 9.99. The van der Waals surface area contributed by atoms with Gasteiger partial charge in [-0.1, -0.05) is 42.5 Å². The first-order valence-corrected chi connectivity index (χ1v) is 15.0. The molecule has 0 spiro atoms. The molecular weight excluding hydrogens is 528 g/mol. The van der Waals surface area contributed by atoms with E-state index in [0.717, 1.165) is 78.1 Å². The first-order chi connectivity index (χ1) is 20.6. The Morgan fingerprint density at radius 1 is 0.929 bits per heavy atom. The van der Waals surface area contributed by atoms with Crippen LogP contribution in [0.25, 0.3) is 22.0 Å². The summed E-state index contributed by atoms with van der Waals surface area (Å²) in [4.78, 5) is 23.8. The van der Waals surface area contributed by atoms with Crippen molar-refractivity contribution in [1.29, 1.82) is 0 Å². The Bertz CT molecular complexity index is 1590. The molecule has 0 bridgehead atoms. The summed E-state index contributed by atoms with van der Waals surface area (Å²) in [6.45, 7) is 4.44. The molecule has 0 saturated carbocycles. The highest BCUT2D eigenvalue weighted by Gasteiger charge is 2.32. The Hall–Kier alpha value is -4.14. The monoisotopic (exact) mass is 564 g/mol. The van der Waals surface area contributed by atoms with E-state index in [2.05, 4.69) is 21.2 Å². The molecule has 1 amide bonds. The number of ether oxygens (including phenoxy) is 2. The van der Waals surface area contributed by atoms with Gasteiger partial charge in [-0.3, -0.25) is 4.79 Å². The number of hydrogen-bond acceptors (Lipinski definition) is 7. The van der Waals surface area contributed by atoms with Gasteiger partial charge < -0.3 is 29.7 Å². The fraction of sp³-hybridized carbons (Fsp3) is 0.353. The summed E-state index contributed by atoms with van der Waals surface area (Å²) in [5.41, 5.74) is 4.16. The third-order valence-electron chi connectivity index (χ3n) is 8.71. The van der Waals surface area contributed by atoms with Crippen LogP contribution in [-0.4, -0.2) is 71.4 Å². The number of likely N-dealkylation sites (tertiary alicyclic amines) is 2. The van der Waals surface area contributed by atoms with Gasteiger partial charge in [0.05, 0.1) is 17.2 Å². The normalized spacial score (nSPS) is 19.0. The number of hydrogen-bond donors (Lipinski definition) is 2. The van der Waals surface area contributed by atoms with Crippen LogP contribution in [0.3, 0.4) is 0 Å². The molecule has 2 N–H and O–H groups in total. The maximum atomic E-state index is 14.3. The minimum absolute atomic E-state index is 0.0404. The number of benzene rings is 3. The highest BCUT2D eigenvalue weighted by molar-refractivity contribution is 6.08. The van der Waals surface area contributed by atoms with E-state index in [9.17, 15) is 9.90 Å². The van der Waals surface area contributed by atoms with Gasteiger partial charge in [-0.25, -0.2) is 4.98 Å². The molecule has 8 heteroatoms. The number of aliphatic hydroxyl groups excluding tert-OH is 1. The molecule has 8 nitrogen and oxygen atoms in total. The maximum Gasteiger partial charge on any atom is 0.254 e. The van der Waals surface area contributed by atoms with Crippen molar-refractivity contribution in [1.82, 2.24) is 14.8 Å². The molecule has 2 fully saturated rings. The van der Waals surface area contributed by atoms with E-state index < -0.39 is 6.10 Å². The largest absolute Gasteiger partial charge is 0.454 e. The van der Waals surface area contributed by atoms with Gasteiger partial charge in [0, 0.05) is 31.1 Å². The van der Waals surface area contributed by atoms with Crippen molar-refractivity contribution < 1.29 is 19.4 Å². The van der Waals surface area contributed by atoms with E-state index in [1.807, 2.05) is 66.7 Å². The number of aromatic nitrogens is 1. The molecule has 3 aliphatic rings. The first-order valence-electron chi connectivity index (χ1n) is 15.0. The molecule has 4 heterocycles. The maximum absolute atomic E-state index is 14.3. The second kappa shape index (κ2) is 11.6. The summed E-state index contributed by atoms with van der Waals surface area (Å²) < 4.78 is 11.1. The van der Waals surface area contributed by atoms with Crippen molar-refractivity contribution in [3.8, 4) is 22.6 Å². The van der Waals surface area contributed by atoms with Crippen LogP contribution < -0.4 is 14.8 Å². The molecule has 216 valence electrons. The Morgan fingerprint density at radius 2 is 1.71 bits per heavy atom. The van der Waals surface area contributed by atoms with Crippen molar-refractivity contribution in [2.45, 2.75) is 37.8 Å². The highest BCUT2D eigenvalue weighted by atomic mass is 16.7. The topological polar surface area (TPSA) is 87.2 Å². The van der Waals surface area contributed by atoms with E-state index in [0.29, 0.717) is 11.4 Å². The van der Waals surface area contributed by atoms with Crippen LogP contribution in [0.1, 0.15) is 47.7 Å². The van der Waals surface area contributed by atoms with Gasteiger partial charge in [-0.2, -0.15) is 0 Å². The predicted molar refractivity (Wildman–Crippen MR) is 163 cm³/mol. The van der Waals surface area contributed by atoms with Gasteiger partial charge >= 0.3 is 0 Å². The van der Waals surface area contributed by atoms with Gasteiger partial charge in [0.1, 0.15) is 5.82 Å². The summed E-state index contributed by atoms with van der Waals surface area (Å²) in [5, 5.41) is 14.9. The summed E-state index contributed by atoms with van der Waals surface area (Å²) in [5.74, 6) is 2.08. The predicted octanol–water partition coefficient (Wildman–Crippen LogP) is 5.48.